The van der Waals surface area contributed by atoms with Crippen LogP contribution in [0.15, 0.2) is 48.8 Å². The molecule has 30 heavy (non-hydrogen) atoms. The molecule has 3 rings (SSSR count). The minimum Gasteiger partial charge on any atom is -0.354 e. The standard InChI is InChI=1S/C20H19Cl2N5O3/c21-13-4-5-15(16(22)9-13)20(30)25-11-19(29)24-10-18(28)23-7-6-14-12-27-8-2-1-3-17(27)26-14/h1-5,8-9,12H,6-7,10-11H2,(H,23,28)(H,24,29)(H,25,30). The largest absolute Gasteiger partial charge is 0.354 e. The summed E-state index contributed by atoms with van der Waals surface area (Å²) in [6.07, 6.45) is 4.37. The number of imidazole rings is 1. The third-order valence-electron chi connectivity index (χ3n) is 4.15. The highest BCUT2D eigenvalue weighted by molar-refractivity contribution is 6.36. The van der Waals surface area contributed by atoms with Gasteiger partial charge >= 0.3 is 0 Å². The molecule has 0 bridgehead atoms. The van der Waals surface area contributed by atoms with Gasteiger partial charge < -0.3 is 20.4 Å². The van der Waals surface area contributed by atoms with Gasteiger partial charge in [-0.25, -0.2) is 4.98 Å². The van der Waals surface area contributed by atoms with E-state index in [1.807, 2.05) is 35.0 Å². The van der Waals surface area contributed by atoms with Gasteiger partial charge in [0.25, 0.3) is 5.91 Å². The summed E-state index contributed by atoms with van der Waals surface area (Å²) < 4.78 is 1.91. The van der Waals surface area contributed by atoms with Crippen molar-refractivity contribution in [3.63, 3.8) is 0 Å². The van der Waals surface area contributed by atoms with Crippen molar-refractivity contribution < 1.29 is 14.4 Å². The minimum absolute atomic E-state index is 0.186. The zero-order valence-electron chi connectivity index (χ0n) is 15.8. The summed E-state index contributed by atoms with van der Waals surface area (Å²) in [5.74, 6) is -1.34. The van der Waals surface area contributed by atoms with Crippen molar-refractivity contribution in [2.45, 2.75) is 6.42 Å². The quantitative estimate of drug-likeness (QED) is 0.489. The molecule has 0 aliphatic heterocycles. The number of benzene rings is 1. The molecule has 10 heteroatoms. The molecule has 0 fully saturated rings. The highest BCUT2D eigenvalue weighted by atomic mass is 35.5. The van der Waals surface area contributed by atoms with E-state index >= 15 is 0 Å². The van der Waals surface area contributed by atoms with Crippen molar-refractivity contribution >= 4 is 46.6 Å². The molecule has 1 aromatic carbocycles. The number of carbonyl (C=O) groups excluding carboxylic acids is 3. The number of nitrogens with zero attached hydrogens (tertiary/aromatic N) is 2. The molecule has 0 aliphatic rings. The fourth-order valence-electron chi connectivity index (χ4n) is 2.67. The number of pyridine rings is 1. The third kappa shape index (κ3) is 5.95. The number of nitrogens with one attached hydrogen (secondary N) is 3. The van der Waals surface area contributed by atoms with Gasteiger partial charge in [-0.1, -0.05) is 29.3 Å². The van der Waals surface area contributed by atoms with E-state index in [-0.39, 0.29) is 29.6 Å². The Morgan fingerprint density at radius 2 is 1.73 bits per heavy atom. The van der Waals surface area contributed by atoms with E-state index in [0.29, 0.717) is 18.0 Å². The average Bonchev–Trinajstić information content (AvgIpc) is 3.13. The molecule has 0 radical (unpaired) electrons. The van der Waals surface area contributed by atoms with Gasteiger partial charge in [-0.15, -0.1) is 0 Å². The van der Waals surface area contributed by atoms with Gasteiger partial charge in [0.2, 0.25) is 11.8 Å². The molecule has 0 unspecified atom stereocenters. The summed E-state index contributed by atoms with van der Waals surface area (Å²) >= 11 is 11.7. The number of aromatic nitrogens is 2. The molecule has 3 amide bonds. The Balaban J connectivity index is 1.34. The van der Waals surface area contributed by atoms with Crippen molar-refractivity contribution in [1.82, 2.24) is 25.3 Å². The fraction of sp³-hybridized carbons (Fsp3) is 0.200. The van der Waals surface area contributed by atoms with Crippen LogP contribution in [0.2, 0.25) is 10.0 Å². The maximum absolute atomic E-state index is 12.1. The molecule has 0 saturated heterocycles. The SMILES string of the molecule is O=C(CNC(=O)CNC(=O)c1ccc(Cl)cc1Cl)NCCc1cn2ccccc2n1. The zero-order chi connectivity index (χ0) is 21.5. The van der Waals surface area contributed by atoms with Crippen LogP contribution in [0.5, 0.6) is 0 Å². The Morgan fingerprint density at radius 3 is 2.50 bits per heavy atom. The second kappa shape index (κ2) is 10.1. The van der Waals surface area contributed by atoms with Crippen LogP contribution in [0.25, 0.3) is 5.65 Å². The van der Waals surface area contributed by atoms with Crippen molar-refractivity contribution in [3.05, 3.63) is 70.1 Å². The second-order valence-electron chi connectivity index (χ2n) is 6.38. The van der Waals surface area contributed by atoms with Crippen molar-refractivity contribution in [2.75, 3.05) is 19.6 Å². The molecular weight excluding hydrogens is 429 g/mol. The minimum atomic E-state index is -0.510. The Hall–Kier alpha value is -3.10. The second-order valence-corrected chi connectivity index (χ2v) is 7.23. The van der Waals surface area contributed by atoms with E-state index in [9.17, 15) is 14.4 Å². The number of hydrogen-bond acceptors (Lipinski definition) is 4. The lowest BCUT2D eigenvalue weighted by molar-refractivity contribution is -0.125. The summed E-state index contributed by atoms with van der Waals surface area (Å²) in [5, 5.41) is 8.19. The fourth-order valence-corrected chi connectivity index (χ4v) is 3.17. The number of fused-ring (bicyclic) bond motifs is 1. The van der Waals surface area contributed by atoms with Gasteiger partial charge in [-0.05, 0) is 30.3 Å². The molecule has 8 nitrogen and oxygen atoms in total. The van der Waals surface area contributed by atoms with E-state index in [0.717, 1.165) is 11.3 Å². The maximum Gasteiger partial charge on any atom is 0.253 e. The average molecular weight is 448 g/mol. The lowest BCUT2D eigenvalue weighted by Gasteiger charge is -2.08. The van der Waals surface area contributed by atoms with Crippen LogP contribution in [0, 0.1) is 0 Å². The van der Waals surface area contributed by atoms with Crippen LogP contribution in [0.1, 0.15) is 16.1 Å². The number of amides is 3. The van der Waals surface area contributed by atoms with Crippen molar-refractivity contribution in [2.24, 2.45) is 0 Å². The first kappa shape index (κ1) is 21.6. The topological polar surface area (TPSA) is 105 Å². The number of carbonyl (C=O) groups is 3. The third-order valence-corrected chi connectivity index (χ3v) is 4.70. The van der Waals surface area contributed by atoms with Crippen molar-refractivity contribution in [1.29, 1.82) is 0 Å². The summed E-state index contributed by atoms with van der Waals surface area (Å²) in [4.78, 5) is 40.2. The highest BCUT2D eigenvalue weighted by Crippen LogP contribution is 2.20. The molecule has 0 aliphatic carbocycles. The summed E-state index contributed by atoms with van der Waals surface area (Å²) in [7, 11) is 0. The van der Waals surface area contributed by atoms with E-state index in [1.165, 1.54) is 18.2 Å². The normalized spacial score (nSPS) is 10.6. The van der Waals surface area contributed by atoms with Crippen LogP contribution < -0.4 is 16.0 Å². The number of rotatable bonds is 8. The molecule has 2 heterocycles. The Bertz CT molecular complexity index is 1050. The van der Waals surface area contributed by atoms with E-state index < -0.39 is 11.8 Å². The van der Waals surface area contributed by atoms with Crippen LogP contribution >= 0.6 is 23.2 Å². The number of hydrogen-bond donors (Lipinski definition) is 3. The zero-order valence-corrected chi connectivity index (χ0v) is 17.3. The summed E-state index contributed by atoms with van der Waals surface area (Å²) in [6.45, 7) is -0.0850. The molecule has 156 valence electrons. The lowest BCUT2D eigenvalue weighted by Crippen LogP contribution is -2.42. The Kier molecular flexibility index (Phi) is 7.26. The van der Waals surface area contributed by atoms with E-state index in [1.54, 1.807) is 0 Å². The van der Waals surface area contributed by atoms with Crippen LogP contribution in [-0.4, -0.2) is 46.7 Å². The van der Waals surface area contributed by atoms with Gasteiger partial charge in [0.1, 0.15) is 5.65 Å². The smallest absolute Gasteiger partial charge is 0.253 e. The molecule has 0 saturated carbocycles. The summed E-state index contributed by atoms with van der Waals surface area (Å²) in [6, 6.07) is 10.2. The number of halogens is 2. The summed E-state index contributed by atoms with van der Waals surface area (Å²) in [5.41, 5.74) is 1.90. The van der Waals surface area contributed by atoms with Crippen LogP contribution in [0.4, 0.5) is 0 Å². The molecule has 3 N–H and O–H groups in total. The monoisotopic (exact) mass is 447 g/mol. The maximum atomic E-state index is 12.1. The van der Waals surface area contributed by atoms with E-state index in [4.69, 9.17) is 23.2 Å². The van der Waals surface area contributed by atoms with Crippen LogP contribution in [-0.2, 0) is 16.0 Å². The lowest BCUT2D eigenvalue weighted by atomic mass is 10.2. The molecule has 0 atom stereocenters. The first-order valence-electron chi connectivity index (χ1n) is 9.11. The predicted molar refractivity (Wildman–Crippen MR) is 114 cm³/mol. The first-order chi connectivity index (χ1) is 14.4. The molecule has 0 spiro atoms. The molecule has 3 aromatic rings. The van der Waals surface area contributed by atoms with Crippen LogP contribution in [0.3, 0.4) is 0 Å². The van der Waals surface area contributed by atoms with Gasteiger partial charge in [0.15, 0.2) is 0 Å². The molecular formula is C20H19Cl2N5O3. The first-order valence-corrected chi connectivity index (χ1v) is 9.87. The Labute approximate surface area is 182 Å². The highest BCUT2D eigenvalue weighted by Gasteiger charge is 2.12. The molecule has 2 aromatic heterocycles. The Morgan fingerprint density at radius 1 is 0.967 bits per heavy atom. The van der Waals surface area contributed by atoms with Crippen molar-refractivity contribution in [3.8, 4) is 0 Å². The van der Waals surface area contributed by atoms with Gasteiger partial charge in [0, 0.05) is 30.4 Å². The van der Waals surface area contributed by atoms with Gasteiger partial charge in [0.05, 0.1) is 29.4 Å². The van der Waals surface area contributed by atoms with E-state index in [2.05, 4.69) is 20.9 Å². The van der Waals surface area contributed by atoms with Gasteiger partial charge in [-0.2, -0.15) is 0 Å². The predicted octanol–water partition coefficient (Wildman–Crippen LogP) is 1.85. The van der Waals surface area contributed by atoms with Gasteiger partial charge in [-0.3, -0.25) is 14.4 Å².